The van der Waals surface area contributed by atoms with Crippen molar-refractivity contribution in [2.45, 2.75) is 12.8 Å². The largest absolute Gasteiger partial charge is 0.435 e. The Hall–Kier alpha value is -4.48. The van der Waals surface area contributed by atoms with E-state index in [-0.39, 0.29) is 22.9 Å². The van der Waals surface area contributed by atoms with E-state index in [0.29, 0.717) is 16.5 Å². The number of pyridine rings is 2. The Kier molecular flexibility index (Phi) is 6.02. The minimum Gasteiger partial charge on any atom is -0.435 e. The molecule has 0 saturated carbocycles. The van der Waals surface area contributed by atoms with Crippen molar-refractivity contribution in [3.63, 3.8) is 0 Å². The standard InChI is InChI=1S/C25H18F5N5O2/c1-34-12-16-10-14(2-8-20(16)33-34)19-11-15-3-9-21(31-13-25(28,29)30)32-22(15)35(23(19)36)17-4-6-18(7-5-17)37-24(26)27/h2-12,24H,13H2,1H3,(H,31,32). The molecule has 0 aliphatic carbocycles. The summed E-state index contributed by atoms with van der Waals surface area (Å²) in [5.41, 5.74) is 1.50. The molecule has 0 aliphatic rings. The summed E-state index contributed by atoms with van der Waals surface area (Å²) in [6, 6.07) is 15.2. The van der Waals surface area contributed by atoms with E-state index in [1.807, 2.05) is 6.07 Å². The van der Waals surface area contributed by atoms with E-state index in [1.165, 1.54) is 34.9 Å². The first-order chi connectivity index (χ1) is 17.6. The van der Waals surface area contributed by atoms with Crippen molar-refractivity contribution in [1.29, 1.82) is 0 Å². The number of alkyl halides is 5. The topological polar surface area (TPSA) is 74.0 Å². The number of benzene rings is 2. The highest BCUT2D eigenvalue weighted by atomic mass is 19.4. The molecule has 1 N–H and O–H groups in total. The highest BCUT2D eigenvalue weighted by molar-refractivity contribution is 5.88. The highest BCUT2D eigenvalue weighted by Crippen LogP contribution is 2.27. The van der Waals surface area contributed by atoms with Gasteiger partial charge in [-0.1, -0.05) is 6.07 Å². The van der Waals surface area contributed by atoms with Crippen LogP contribution < -0.4 is 15.6 Å². The lowest BCUT2D eigenvalue weighted by atomic mass is 10.0. The SMILES string of the molecule is Cn1cc2cc(-c3cc4ccc(NCC(F)(F)F)nc4n(-c4ccc(OC(F)F)cc4)c3=O)ccc2n1. The Labute approximate surface area is 205 Å². The van der Waals surface area contributed by atoms with Gasteiger partial charge in [0.15, 0.2) is 0 Å². The van der Waals surface area contributed by atoms with Gasteiger partial charge in [-0.15, -0.1) is 0 Å². The maximum absolute atomic E-state index is 13.8. The minimum absolute atomic E-state index is 0.0832. The van der Waals surface area contributed by atoms with Crippen LogP contribution >= 0.6 is 0 Å². The van der Waals surface area contributed by atoms with Crippen molar-refractivity contribution in [2.75, 3.05) is 11.9 Å². The molecule has 2 aromatic carbocycles. The van der Waals surface area contributed by atoms with Gasteiger partial charge in [-0.3, -0.25) is 14.0 Å². The minimum atomic E-state index is -4.47. The van der Waals surface area contributed by atoms with Crippen LogP contribution in [0.4, 0.5) is 27.8 Å². The molecule has 5 aromatic rings. The molecule has 0 radical (unpaired) electrons. The second-order valence-corrected chi connectivity index (χ2v) is 8.23. The molecule has 5 rings (SSSR count). The number of nitrogens with zero attached hydrogens (tertiary/aromatic N) is 4. The quantitative estimate of drug-likeness (QED) is 0.302. The van der Waals surface area contributed by atoms with Crippen LogP contribution in [0.2, 0.25) is 0 Å². The summed E-state index contributed by atoms with van der Waals surface area (Å²) in [4.78, 5) is 18.0. The van der Waals surface area contributed by atoms with Crippen LogP contribution in [0.15, 0.2) is 71.7 Å². The summed E-state index contributed by atoms with van der Waals surface area (Å²) in [6.45, 7) is -4.33. The van der Waals surface area contributed by atoms with E-state index in [9.17, 15) is 26.7 Å². The van der Waals surface area contributed by atoms with E-state index >= 15 is 0 Å². The number of aryl methyl sites for hydroxylation is 1. The normalized spacial score (nSPS) is 12.0. The van der Waals surface area contributed by atoms with Crippen molar-refractivity contribution in [2.24, 2.45) is 7.05 Å². The zero-order valence-electron chi connectivity index (χ0n) is 19.1. The van der Waals surface area contributed by atoms with Gasteiger partial charge in [-0.2, -0.15) is 27.1 Å². The summed E-state index contributed by atoms with van der Waals surface area (Å²) in [5, 5.41) is 7.83. The van der Waals surface area contributed by atoms with E-state index in [4.69, 9.17) is 0 Å². The third kappa shape index (κ3) is 5.08. The van der Waals surface area contributed by atoms with Gasteiger partial charge >= 0.3 is 12.8 Å². The van der Waals surface area contributed by atoms with Crippen LogP contribution in [0.3, 0.4) is 0 Å². The maximum Gasteiger partial charge on any atom is 0.405 e. The molecule has 0 fully saturated rings. The number of hydrogen-bond acceptors (Lipinski definition) is 5. The number of ether oxygens (including phenoxy) is 1. The molecule has 7 nitrogen and oxygen atoms in total. The van der Waals surface area contributed by atoms with E-state index in [0.717, 1.165) is 10.9 Å². The predicted molar refractivity (Wildman–Crippen MR) is 128 cm³/mol. The molecule has 0 atom stereocenters. The van der Waals surface area contributed by atoms with Crippen molar-refractivity contribution in [1.82, 2.24) is 19.3 Å². The van der Waals surface area contributed by atoms with Gasteiger partial charge in [0.2, 0.25) is 0 Å². The zero-order chi connectivity index (χ0) is 26.3. The number of rotatable bonds is 6. The molecule has 0 bridgehead atoms. The van der Waals surface area contributed by atoms with Crippen LogP contribution in [0.1, 0.15) is 0 Å². The number of nitrogens with one attached hydrogen (secondary N) is 1. The number of fused-ring (bicyclic) bond motifs is 2. The fraction of sp³-hybridized carbons (Fsp3) is 0.160. The van der Waals surface area contributed by atoms with Crippen LogP contribution in [0, 0.1) is 0 Å². The fourth-order valence-corrected chi connectivity index (χ4v) is 4.01. The van der Waals surface area contributed by atoms with Crippen molar-refractivity contribution in [3.05, 3.63) is 77.2 Å². The van der Waals surface area contributed by atoms with Crippen molar-refractivity contribution < 1.29 is 26.7 Å². The van der Waals surface area contributed by atoms with Gasteiger partial charge < -0.3 is 10.1 Å². The molecule has 37 heavy (non-hydrogen) atoms. The molecule has 3 heterocycles. The van der Waals surface area contributed by atoms with Crippen LogP contribution in [0.25, 0.3) is 38.8 Å². The van der Waals surface area contributed by atoms with E-state index in [2.05, 4.69) is 20.1 Å². The predicted octanol–water partition coefficient (Wildman–Crippen LogP) is 5.52. The lowest BCUT2D eigenvalue weighted by Gasteiger charge is -2.15. The van der Waals surface area contributed by atoms with E-state index in [1.54, 1.807) is 42.2 Å². The van der Waals surface area contributed by atoms with Crippen LogP contribution in [0.5, 0.6) is 5.75 Å². The summed E-state index contributed by atoms with van der Waals surface area (Å²) in [5.74, 6) is -0.199. The first-order valence-electron chi connectivity index (χ1n) is 10.9. The second kappa shape index (κ2) is 9.19. The molecule has 0 spiro atoms. The van der Waals surface area contributed by atoms with Gasteiger partial charge in [0.05, 0.1) is 11.2 Å². The summed E-state index contributed by atoms with van der Waals surface area (Å²) in [6.07, 6.45) is -2.66. The smallest absolute Gasteiger partial charge is 0.405 e. The average Bonchev–Trinajstić information content (AvgIpc) is 3.21. The van der Waals surface area contributed by atoms with Crippen molar-refractivity contribution in [3.8, 4) is 22.6 Å². The first kappa shape index (κ1) is 24.2. The molecule has 12 heteroatoms. The molecule has 190 valence electrons. The average molecular weight is 515 g/mol. The fourth-order valence-electron chi connectivity index (χ4n) is 4.01. The summed E-state index contributed by atoms with van der Waals surface area (Å²) < 4.78 is 70.6. The zero-order valence-corrected chi connectivity index (χ0v) is 19.1. The lowest BCUT2D eigenvalue weighted by Crippen LogP contribution is -2.23. The monoisotopic (exact) mass is 515 g/mol. The van der Waals surface area contributed by atoms with E-state index < -0.39 is 24.9 Å². The van der Waals surface area contributed by atoms with Gasteiger partial charge in [0.1, 0.15) is 23.8 Å². The van der Waals surface area contributed by atoms with Crippen LogP contribution in [-0.2, 0) is 7.05 Å². The van der Waals surface area contributed by atoms with Gasteiger partial charge in [-0.25, -0.2) is 4.98 Å². The number of anilines is 1. The summed E-state index contributed by atoms with van der Waals surface area (Å²) >= 11 is 0. The molecule has 0 amide bonds. The molecule has 0 unspecified atom stereocenters. The van der Waals surface area contributed by atoms with Gasteiger partial charge in [0.25, 0.3) is 5.56 Å². The second-order valence-electron chi connectivity index (χ2n) is 8.23. The summed E-state index contributed by atoms with van der Waals surface area (Å²) in [7, 11) is 1.78. The molecular weight excluding hydrogens is 497 g/mol. The Morgan fingerprint density at radius 2 is 1.76 bits per heavy atom. The Morgan fingerprint density at radius 3 is 2.46 bits per heavy atom. The molecular formula is C25H18F5N5O2. The number of halogens is 5. The van der Waals surface area contributed by atoms with Crippen LogP contribution in [-0.4, -0.2) is 38.7 Å². The number of aromatic nitrogens is 4. The highest BCUT2D eigenvalue weighted by Gasteiger charge is 2.27. The molecule has 0 aliphatic heterocycles. The Balaban J connectivity index is 1.69. The first-order valence-corrected chi connectivity index (χ1v) is 10.9. The third-order valence-corrected chi connectivity index (χ3v) is 5.57. The number of hydrogen-bond donors (Lipinski definition) is 1. The Bertz CT molecular complexity index is 1660. The maximum atomic E-state index is 13.8. The third-order valence-electron chi connectivity index (χ3n) is 5.57. The van der Waals surface area contributed by atoms with Crippen molar-refractivity contribution >= 4 is 27.8 Å². The van der Waals surface area contributed by atoms with Gasteiger partial charge in [-0.05, 0) is 60.2 Å². The Morgan fingerprint density at radius 1 is 1.00 bits per heavy atom. The van der Waals surface area contributed by atoms with Gasteiger partial charge in [0, 0.05) is 29.6 Å². The molecule has 3 aromatic heterocycles. The molecule has 0 saturated heterocycles. The lowest BCUT2D eigenvalue weighted by molar-refractivity contribution is -0.115.